The predicted molar refractivity (Wildman–Crippen MR) is 82.1 cm³/mol. The third-order valence-electron chi connectivity index (χ3n) is 3.32. The Morgan fingerprint density at radius 2 is 2.10 bits per heavy atom. The molecule has 0 fully saturated rings. The smallest absolute Gasteiger partial charge is 0.138 e. The molecule has 0 aliphatic heterocycles. The van der Waals surface area contributed by atoms with E-state index in [4.69, 9.17) is 4.98 Å². The van der Waals surface area contributed by atoms with Gasteiger partial charge in [-0.15, -0.1) is 0 Å². The molecule has 2 rings (SSSR count). The van der Waals surface area contributed by atoms with Crippen molar-refractivity contribution in [3.63, 3.8) is 0 Å². The Hall–Kier alpha value is -1.68. The first-order chi connectivity index (χ1) is 9.61. The number of nitrogens with zero attached hydrogens (tertiary/aromatic N) is 3. The van der Waals surface area contributed by atoms with Crippen LogP contribution >= 0.6 is 0 Å². The quantitative estimate of drug-likeness (QED) is 0.879. The molecule has 0 aliphatic carbocycles. The maximum Gasteiger partial charge on any atom is 0.138 e. The molecule has 4 nitrogen and oxygen atoms in total. The fourth-order valence-electron chi connectivity index (χ4n) is 2.16. The van der Waals surface area contributed by atoms with Crippen molar-refractivity contribution in [2.45, 2.75) is 53.1 Å². The van der Waals surface area contributed by atoms with Crippen molar-refractivity contribution >= 4 is 0 Å². The standard InChI is InChI=1S/C16H24N4/c1-5-6-15-17-9-10-20(15)16-8-7-14(13(4)19-16)11-18-12(2)3/h7-10,12,18H,5-6,11H2,1-4H3. The Bertz CT molecular complexity index is 557. The van der Waals surface area contributed by atoms with Gasteiger partial charge in [0.25, 0.3) is 0 Å². The van der Waals surface area contributed by atoms with Crippen LogP contribution in [0.15, 0.2) is 24.5 Å². The lowest BCUT2D eigenvalue weighted by atomic mass is 10.2. The Labute approximate surface area is 121 Å². The van der Waals surface area contributed by atoms with Crippen molar-refractivity contribution < 1.29 is 0 Å². The summed E-state index contributed by atoms with van der Waals surface area (Å²) < 4.78 is 2.08. The van der Waals surface area contributed by atoms with Crippen LogP contribution in [0.3, 0.4) is 0 Å². The predicted octanol–water partition coefficient (Wildman–Crippen LogP) is 3.03. The fraction of sp³-hybridized carbons (Fsp3) is 0.500. The van der Waals surface area contributed by atoms with Crippen molar-refractivity contribution in [2.75, 3.05) is 0 Å². The van der Waals surface area contributed by atoms with Crippen LogP contribution in [0.4, 0.5) is 0 Å². The average Bonchev–Trinajstić information content (AvgIpc) is 2.86. The van der Waals surface area contributed by atoms with E-state index in [1.54, 1.807) is 0 Å². The number of aryl methyl sites for hydroxylation is 2. The fourth-order valence-corrected chi connectivity index (χ4v) is 2.16. The summed E-state index contributed by atoms with van der Waals surface area (Å²) in [6.07, 6.45) is 5.89. The van der Waals surface area contributed by atoms with Crippen molar-refractivity contribution in [1.29, 1.82) is 0 Å². The molecule has 0 aromatic carbocycles. The monoisotopic (exact) mass is 272 g/mol. The number of rotatable bonds is 6. The first-order valence-electron chi connectivity index (χ1n) is 7.34. The lowest BCUT2D eigenvalue weighted by molar-refractivity contribution is 0.586. The topological polar surface area (TPSA) is 42.7 Å². The molecule has 108 valence electrons. The SMILES string of the molecule is CCCc1nccn1-c1ccc(CNC(C)C)c(C)n1. The Morgan fingerprint density at radius 1 is 1.30 bits per heavy atom. The van der Waals surface area contributed by atoms with E-state index in [0.717, 1.165) is 36.7 Å². The summed E-state index contributed by atoms with van der Waals surface area (Å²) in [5.41, 5.74) is 2.33. The molecule has 0 radical (unpaired) electrons. The van der Waals surface area contributed by atoms with Gasteiger partial charge in [0.1, 0.15) is 11.6 Å². The van der Waals surface area contributed by atoms with Crippen LogP contribution in [0, 0.1) is 6.92 Å². The van der Waals surface area contributed by atoms with E-state index in [1.165, 1.54) is 5.56 Å². The van der Waals surface area contributed by atoms with Gasteiger partial charge in [-0.2, -0.15) is 0 Å². The highest BCUT2D eigenvalue weighted by molar-refractivity contribution is 5.31. The highest BCUT2D eigenvalue weighted by Crippen LogP contribution is 2.13. The second kappa shape index (κ2) is 6.66. The van der Waals surface area contributed by atoms with E-state index >= 15 is 0 Å². The summed E-state index contributed by atoms with van der Waals surface area (Å²) >= 11 is 0. The Kier molecular flexibility index (Phi) is 4.90. The highest BCUT2D eigenvalue weighted by atomic mass is 15.1. The molecule has 0 atom stereocenters. The van der Waals surface area contributed by atoms with Crippen molar-refractivity contribution in [3.05, 3.63) is 41.6 Å². The van der Waals surface area contributed by atoms with Crippen LogP contribution in [-0.4, -0.2) is 20.6 Å². The minimum absolute atomic E-state index is 0.485. The molecule has 1 N–H and O–H groups in total. The van der Waals surface area contributed by atoms with Gasteiger partial charge in [-0.05, 0) is 25.0 Å². The van der Waals surface area contributed by atoms with Crippen LogP contribution in [0.1, 0.15) is 44.3 Å². The molecule has 20 heavy (non-hydrogen) atoms. The molecule has 2 heterocycles. The summed E-state index contributed by atoms with van der Waals surface area (Å²) in [7, 11) is 0. The van der Waals surface area contributed by atoms with Crippen LogP contribution in [-0.2, 0) is 13.0 Å². The van der Waals surface area contributed by atoms with Gasteiger partial charge in [-0.25, -0.2) is 9.97 Å². The summed E-state index contributed by atoms with van der Waals surface area (Å²) in [6.45, 7) is 9.40. The molecule has 2 aromatic heterocycles. The van der Waals surface area contributed by atoms with Gasteiger partial charge in [0, 0.05) is 37.1 Å². The van der Waals surface area contributed by atoms with Crippen LogP contribution in [0.25, 0.3) is 5.82 Å². The number of imidazole rings is 1. The first-order valence-corrected chi connectivity index (χ1v) is 7.34. The van der Waals surface area contributed by atoms with E-state index in [-0.39, 0.29) is 0 Å². The normalized spacial score (nSPS) is 11.2. The maximum absolute atomic E-state index is 4.72. The zero-order valence-corrected chi connectivity index (χ0v) is 12.8. The van der Waals surface area contributed by atoms with E-state index in [1.807, 2.05) is 12.4 Å². The minimum Gasteiger partial charge on any atom is -0.310 e. The second-order valence-electron chi connectivity index (χ2n) is 5.41. The van der Waals surface area contributed by atoms with Crippen LogP contribution in [0.5, 0.6) is 0 Å². The molecule has 0 saturated carbocycles. The molecule has 0 spiro atoms. The lowest BCUT2D eigenvalue weighted by Gasteiger charge is -2.12. The summed E-state index contributed by atoms with van der Waals surface area (Å²) in [5, 5.41) is 3.43. The summed E-state index contributed by atoms with van der Waals surface area (Å²) in [4.78, 5) is 9.12. The largest absolute Gasteiger partial charge is 0.310 e. The summed E-state index contributed by atoms with van der Waals surface area (Å²) in [5.74, 6) is 2.03. The van der Waals surface area contributed by atoms with Crippen molar-refractivity contribution in [2.24, 2.45) is 0 Å². The minimum atomic E-state index is 0.485. The van der Waals surface area contributed by atoms with Crippen LogP contribution in [0.2, 0.25) is 0 Å². The van der Waals surface area contributed by atoms with Gasteiger partial charge >= 0.3 is 0 Å². The van der Waals surface area contributed by atoms with Gasteiger partial charge < -0.3 is 5.32 Å². The van der Waals surface area contributed by atoms with Crippen molar-refractivity contribution in [1.82, 2.24) is 19.9 Å². The van der Waals surface area contributed by atoms with E-state index in [0.29, 0.717) is 6.04 Å². The van der Waals surface area contributed by atoms with Gasteiger partial charge in [0.05, 0.1) is 0 Å². The molecule has 0 aliphatic rings. The molecule has 4 heteroatoms. The molecular weight excluding hydrogens is 248 g/mol. The number of hydrogen-bond acceptors (Lipinski definition) is 3. The van der Waals surface area contributed by atoms with E-state index < -0.39 is 0 Å². The molecule has 0 bridgehead atoms. The Balaban J connectivity index is 2.22. The molecule has 0 amide bonds. The zero-order valence-electron chi connectivity index (χ0n) is 12.8. The molecule has 0 unspecified atom stereocenters. The zero-order chi connectivity index (χ0) is 14.5. The lowest BCUT2D eigenvalue weighted by Crippen LogP contribution is -2.22. The van der Waals surface area contributed by atoms with Crippen molar-refractivity contribution in [3.8, 4) is 5.82 Å². The second-order valence-corrected chi connectivity index (χ2v) is 5.41. The Morgan fingerprint density at radius 3 is 2.75 bits per heavy atom. The van der Waals surface area contributed by atoms with E-state index in [9.17, 15) is 0 Å². The number of hydrogen-bond donors (Lipinski definition) is 1. The third-order valence-corrected chi connectivity index (χ3v) is 3.32. The van der Waals surface area contributed by atoms with Gasteiger partial charge in [0.2, 0.25) is 0 Å². The molecule has 2 aromatic rings. The maximum atomic E-state index is 4.72. The van der Waals surface area contributed by atoms with Gasteiger partial charge in [-0.1, -0.05) is 26.8 Å². The van der Waals surface area contributed by atoms with Crippen LogP contribution < -0.4 is 5.32 Å². The van der Waals surface area contributed by atoms with Gasteiger partial charge in [-0.3, -0.25) is 4.57 Å². The van der Waals surface area contributed by atoms with Gasteiger partial charge in [0.15, 0.2) is 0 Å². The average molecular weight is 272 g/mol. The molecular formula is C16H24N4. The number of pyridine rings is 1. The number of aromatic nitrogens is 3. The third kappa shape index (κ3) is 3.45. The molecule has 0 saturated heterocycles. The summed E-state index contributed by atoms with van der Waals surface area (Å²) in [6, 6.07) is 4.72. The van der Waals surface area contributed by atoms with E-state index in [2.05, 4.69) is 54.7 Å². The first kappa shape index (κ1) is 14.7. The number of nitrogens with one attached hydrogen (secondary N) is 1. The highest BCUT2D eigenvalue weighted by Gasteiger charge is 2.07.